The molecule has 7 nitrogen and oxygen atoms in total. The number of nitrogens with one attached hydrogen (secondary N) is 2. The van der Waals surface area contributed by atoms with Crippen LogP contribution in [0.25, 0.3) is 5.57 Å². The van der Waals surface area contributed by atoms with E-state index in [0.29, 0.717) is 37.3 Å². The molecule has 42 heavy (non-hydrogen) atoms. The fourth-order valence-electron chi connectivity index (χ4n) is 6.63. The van der Waals surface area contributed by atoms with Gasteiger partial charge >= 0.3 is 0 Å². The predicted octanol–water partition coefficient (Wildman–Crippen LogP) is 4.51. The third kappa shape index (κ3) is 5.18. The Bertz CT molecular complexity index is 1570. The second-order valence-corrected chi connectivity index (χ2v) is 12.4. The Labute approximate surface area is 245 Å². The largest absolute Gasteiger partial charge is 0.378 e. The molecule has 1 aromatic heterocycles. The van der Waals surface area contributed by atoms with Crippen LogP contribution in [0, 0.1) is 11.2 Å². The maximum absolute atomic E-state index is 13.7. The minimum Gasteiger partial charge on any atom is -0.378 e. The first-order valence-electron chi connectivity index (χ1n) is 15.1. The van der Waals surface area contributed by atoms with Gasteiger partial charge in [0.1, 0.15) is 5.82 Å². The number of halogens is 1. The van der Waals surface area contributed by atoms with Crippen LogP contribution < -0.4 is 21.2 Å². The summed E-state index contributed by atoms with van der Waals surface area (Å²) in [5, 5.41) is 8.52. The summed E-state index contributed by atoms with van der Waals surface area (Å²) in [6, 6.07) is 16.7. The molecule has 2 saturated heterocycles. The van der Waals surface area contributed by atoms with Crippen LogP contribution in [0.1, 0.15) is 77.2 Å². The topological polar surface area (TPSA) is 75.6 Å². The van der Waals surface area contributed by atoms with Crippen LogP contribution in [0.2, 0.25) is 0 Å². The number of rotatable bonds is 7. The molecule has 3 aromatic rings. The van der Waals surface area contributed by atoms with Gasteiger partial charge in [-0.2, -0.15) is 0 Å². The summed E-state index contributed by atoms with van der Waals surface area (Å²) in [7, 11) is 0. The lowest BCUT2D eigenvalue weighted by atomic mass is 9.60. The van der Waals surface area contributed by atoms with Gasteiger partial charge in [0.2, 0.25) is 0 Å². The van der Waals surface area contributed by atoms with E-state index in [1.807, 2.05) is 24.1 Å². The molecule has 4 fully saturated rings. The molecule has 0 radical (unpaired) electrons. The van der Waals surface area contributed by atoms with Gasteiger partial charge in [0.05, 0.1) is 37.9 Å². The molecule has 0 unspecified atom stereocenters. The maximum atomic E-state index is 13.7. The highest BCUT2D eigenvalue weighted by Gasteiger charge is 2.46. The fraction of sp³-hybridized carbons (Fsp3) is 0.412. The Morgan fingerprint density at radius 2 is 1.64 bits per heavy atom. The molecule has 2 N–H and O–H groups in total. The van der Waals surface area contributed by atoms with Crippen LogP contribution in [0.3, 0.4) is 0 Å². The SMILES string of the molecule is C[C@@H](NC(=O)c1cc(C2CC2)c(=O)n(N2CCOCC2)c1)c1ccc(C(=C2CC3(CNC3)C2)c2ccc(F)cc2)cc1. The van der Waals surface area contributed by atoms with Gasteiger partial charge in [-0.05, 0) is 79.0 Å². The summed E-state index contributed by atoms with van der Waals surface area (Å²) in [6.07, 6.45) is 5.78. The predicted molar refractivity (Wildman–Crippen MR) is 161 cm³/mol. The number of aromatic nitrogens is 1. The highest BCUT2D eigenvalue weighted by molar-refractivity contribution is 5.94. The molecule has 0 bridgehead atoms. The third-order valence-corrected chi connectivity index (χ3v) is 9.31. The first kappa shape index (κ1) is 27.1. The summed E-state index contributed by atoms with van der Waals surface area (Å²) in [5.41, 5.74) is 7.32. The van der Waals surface area contributed by atoms with Gasteiger partial charge in [0.15, 0.2) is 0 Å². The summed E-state index contributed by atoms with van der Waals surface area (Å²) >= 11 is 0. The third-order valence-electron chi connectivity index (χ3n) is 9.31. The lowest BCUT2D eigenvalue weighted by Crippen LogP contribution is -2.58. The van der Waals surface area contributed by atoms with Gasteiger partial charge in [0, 0.05) is 30.3 Å². The number of pyridine rings is 1. The van der Waals surface area contributed by atoms with Crippen molar-refractivity contribution in [3.63, 3.8) is 0 Å². The zero-order chi connectivity index (χ0) is 28.8. The van der Waals surface area contributed by atoms with Crippen molar-refractivity contribution in [1.29, 1.82) is 0 Å². The molecule has 4 aliphatic rings. The van der Waals surface area contributed by atoms with Crippen LogP contribution >= 0.6 is 0 Å². The van der Waals surface area contributed by atoms with Crippen molar-refractivity contribution in [3.05, 3.63) is 110 Å². The number of allylic oxidation sites excluding steroid dienone is 1. The van der Waals surface area contributed by atoms with Crippen molar-refractivity contribution in [2.45, 2.75) is 44.6 Å². The molecule has 1 atom stereocenters. The number of carbonyl (C=O) groups excluding carboxylic acids is 1. The van der Waals surface area contributed by atoms with Gasteiger partial charge in [-0.25, -0.2) is 9.07 Å². The van der Waals surface area contributed by atoms with Crippen molar-refractivity contribution < 1.29 is 13.9 Å². The molecule has 218 valence electrons. The average molecular weight is 569 g/mol. The Morgan fingerprint density at radius 3 is 2.24 bits per heavy atom. The molecule has 8 heteroatoms. The van der Waals surface area contributed by atoms with E-state index in [0.717, 1.165) is 61.0 Å². The molecule has 1 amide bonds. The smallest absolute Gasteiger partial charge is 0.272 e. The van der Waals surface area contributed by atoms with Gasteiger partial charge in [-0.15, -0.1) is 0 Å². The second kappa shape index (κ2) is 10.8. The number of hydrogen-bond donors (Lipinski definition) is 2. The lowest BCUT2D eigenvalue weighted by Gasteiger charge is -2.52. The Hall–Kier alpha value is -3.75. The molecule has 3 heterocycles. The zero-order valence-corrected chi connectivity index (χ0v) is 24.0. The van der Waals surface area contributed by atoms with E-state index < -0.39 is 0 Å². The molecule has 2 aliphatic carbocycles. The summed E-state index contributed by atoms with van der Waals surface area (Å²) < 4.78 is 20.8. The maximum Gasteiger partial charge on any atom is 0.272 e. The molecule has 1 spiro atoms. The normalized spacial score (nSPS) is 20.0. The highest BCUT2D eigenvalue weighted by atomic mass is 19.1. The highest BCUT2D eigenvalue weighted by Crippen LogP contribution is 2.51. The van der Waals surface area contributed by atoms with Crippen LogP contribution in [-0.2, 0) is 4.74 Å². The van der Waals surface area contributed by atoms with Crippen molar-refractivity contribution >= 4 is 11.5 Å². The molecular formula is C34H37FN4O3. The summed E-state index contributed by atoms with van der Waals surface area (Å²) in [6.45, 7) is 6.46. The fourth-order valence-corrected chi connectivity index (χ4v) is 6.63. The van der Waals surface area contributed by atoms with E-state index in [9.17, 15) is 14.0 Å². The number of ether oxygens (including phenoxy) is 1. The van der Waals surface area contributed by atoms with Crippen LogP contribution in [0.5, 0.6) is 0 Å². The van der Waals surface area contributed by atoms with Gasteiger partial charge in [-0.3, -0.25) is 9.59 Å². The number of benzene rings is 2. The van der Waals surface area contributed by atoms with E-state index >= 15 is 0 Å². The number of morpholine rings is 1. The monoisotopic (exact) mass is 568 g/mol. The molecule has 2 aliphatic heterocycles. The van der Waals surface area contributed by atoms with Crippen molar-refractivity contribution in [1.82, 2.24) is 15.3 Å². The molecule has 2 saturated carbocycles. The summed E-state index contributed by atoms with van der Waals surface area (Å²) in [4.78, 5) is 26.7. The van der Waals surface area contributed by atoms with Crippen LogP contribution in [0.4, 0.5) is 4.39 Å². The zero-order valence-electron chi connectivity index (χ0n) is 24.0. The number of carbonyl (C=O) groups is 1. The molecule has 7 rings (SSSR count). The Morgan fingerprint density at radius 1 is 1.00 bits per heavy atom. The Balaban J connectivity index is 1.11. The van der Waals surface area contributed by atoms with Crippen molar-refractivity contribution in [3.8, 4) is 0 Å². The number of amides is 1. The van der Waals surface area contributed by atoms with Crippen LogP contribution in [-0.4, -0.2) is 50.0 Å². The average Bonchev–Trinajstić information content (AvgIpc) is 3.81. The van der Waals surface area contributed by atoms with Gasteiger partial charge < -0.3 is 20.4 Å². The lowest BCUT2D eigenvalue weighted by molar-refractivity contribution is 0.0937. The van der Waals surface area contributed by atoms with E-state index in [1.54, 1.807) is 16.9 Å². The molecule has 2 aromatic carbocycles. The first-order valence-corrected chi connectivity index (χ1v) is 15.1. The van der Waals surface area contributed by atoms with Crippen molar-refractivity contribution in [2.24, 2.45) is 5.41 Å². The minimum atomic E-state index is -0.235. The molecular weight excluding hydrogens is 531 g/mol. The number of nitrogens with zero attached hydrogens (tertiary/aromatic N) is 2. The van der Waals surface area contributed by atoms with Gasteiger partial charge in [-0.1, -0.05) is 42.0 Å². The quantitative estimate of drug-likeness (QED) is 0.439. The van der Waals surface area contributed by atoms with Gasteiger partial charge in [0.25, 0.3) is 11.5 Å². The van der Waals surface area contributed by atoms with E-state index in [4.69, 9.17) is 4.74 Å². The standard InChI is InChI=1S/C34H37FN4O3/c1-22(37-32(40)27-16-30(24-4-5-24)33(41)39(19-27)38-12-14-42-15-13-38)23-2-6-25(7-3-23)31(26-8-10-29(35)11-9-26)28-17-34(18-28)20-36-21-34/h2-3,6-11,16,19,22,24,36H,4-5,12-15,17-18,20-21H2,1H3,(H,37,40)/t22-/m1/s1. The van der Waals surface area contributed by atoms with Crippen LogP contribution in [0.15, 0.2) is 71.2 Å². The van der Waals surface area contributed by atoms with E-state index in [-0.39, 0.29) is 29.2 Å². The van der Waals surface area contributed by atoms with E-state index in [2.05, 4.69) is 34.9 Å². The Kier molecular flexibility index (Phi) is 6.98. The number of hydrogen-bond acceptors (Lipinski definition) is 5. The minimum absolute atomic E-state index is 0.0309. The van der Waals surface area contributed by atoms with E-state index in [1.165, 1.54) is 23.3 Å². The summed E-state index contributed by atoms with van der Waals surface area (Å²) in [5.74, 6) is -0.197. The first-order chi connectivity index (χ1) is 20.4. The van der Waals surface area contributed by atoms with Crippen molar-refractivity contribution in [2.75, 3.05) is 44.4 Å². The second-order valence-electron chi connectivity index (χ2n) is 12.4.